The molecule has 11 rings (SSSR count). The fourth-order valence-electron chi connectivity index (χ4n) is 10.4. The van der Waals surface area contributed by atoms with Crippen LogP contribution in [-0.4, -0.2) is 60.7 Å². The first kappa shape index (κ1) is 58.3. The Bertz CT molecular complexity index is 2270. The molecule has 7 nitrogen and oxygen atoms in total. The van der Waals surface area contributed by atoms with Crippen molar-refractivity contribution in [2.75, 3.05) is 20.3 Å². The Morgan fingerprint density at radius 1 is 0.606 bits per heavy atom. The Hall–Kier alpha value is -3.62. The van der Waals surface area contributed by atoms with Crippen molar-refractivity contribution in [3.05, 3.63) is 84.1 Å². The molecule has 7 heteroatoms. The molecule has 6 fully saturated rings. The normalized spacial score (nSPS) is 29.0. The smallest absolute Gasteiger partial charge is 0.238 e. The van der Waals surface area contributed by atoms with Crippen LogP contribution >= 0.6 is 0 Å². The maximum atomic E-state index is 6.07. The van der Waals surface area contributed by atoms with Gasteiger partial charge in [-0.25, -0.2) is 0 Å². The highest BCUT2D eigenvalue weighted by molar-refractivity contribution is 6.09. The zero-order chi connectivity index (χ0) is 52.9. The van der Waals surface area contributed by atoms with Gasteiger partial charge in [-0.15, -0.1) is 0 Å². The van der Waals surface area contributed by atoms with Crippen LogP contribution in [-0.2, 0) is 23.7 Å². The van der Waals surface area contributed by atoms with Gasteiger partial charge < -0.3 is 33.2 Å². The third-order valence-electron chi connectivity index (χ3n) is 16.7. The first-order chi connectivity index (χ1) is 32.9. The lowest BCUT2D eigenvalue weighted by Crippen LogP contribution is -2.36. The van der Waals surface area contributed by atoms with E-state index in [-0.39, 0.29) is 34.3 Å². The van der Waals surface area contributed by atoms with Crippen LogP contribution in [0, 0.1) is 35.0 Å². The van der Waals surface area contributed by atoms with E-state index >= 15 is 0 Å². The summed E-state index contributed by atoms with van der Waals surface area (Å²) in [4.78, 5) is 0. The van der Waals surface area contributed by atoms with Gasteiger partial charge in [-0.1, -0.05) is 116 Å². The number of hydrogen-bond acceptors (Lipinski definition) is 7. The fourth-order valence-corrected chi connectivity index (χ4v) is 10.4. The van der Waals surface area contributed by atoms with Crippen molar-refractivity contribution in [1.82, 2.24) is 0 Å². The molecule has 0 amide bonds. The quantitative estimate of drug-likeness (QED) is 0.146. The minimum atomic E-state index is -0.327. The number of fused-ring (bicyclic) bond motifs is 8. The molecule has 5 heterocycles. The number of methoxy groups -OCH3 is 1. The van der Waals surface area contributed by atoms with E-state index in [1.807, 2.05) is 27.7 Å². The minimum absolute atomic E-state index is 0.146. The van der Waals surface area contributed by atoms with Crippen molar-refractivity contribution in [2.24, 2.45) is 35.0 Å². The van der Waals surface area contributed by atoms with Gasteiger partial charge in [0.2, 0.25) is 6.29 Å². The SMILES string of the molecule is CC1(C)COC1.CC1(C)OC1(C)C.CC1CCC(C(C)C)C(C)C1.CC1CCC2(C)OC2(C)C1.CC1OC1(C)C.CC1Oc2ccc3ccccc3c2-c2c(ccc3ccccc23)O1.COC(C)=C(C)C. The average Bonchev–Trinajstić information content (AvgIpc) is 4.18. The molecule has 0 bridgehead atoms. The zero-order valence-corrected chi connectivity index (χ0v) is 48.5. The van der Waals surface area contributed by atoms with Gasteiger partial charge in [0.15, 0.2) is 0 Å². The molecule has 4 aromatic carbocycles. The summed E-state index contributed by atoms with van der Waals surface area (Å²) < 4.78 is 38.1. The number of ether oxygens (including phenoxy) is 7. The van der Waals surface area contributed by atoms with E-state index in [0.29, 0.717) is 11.5 Å². The van der Waals surface area contributed by atoms with Gasteiger partial charge in [-0.2, -0.15) is 0 Å². The Labute approximate surface area is 432 Å². The molecule has 4 aromatic rings. The summed E-state index contributed by atoms with van der Waals surface area (Å²) in [5, 5.41) is 4.78. The molecule has 0 radical (unpaired) electrons. The first-order valence-electron chi connectivity index (χ1n) is 27.2. The standard InChI is InChI=1S/C22H16O2.C11H22.C9H16O.2C6H12O.2C5H10O/c1-14-23-19-12-10-15-6-2-4-8-17(15)21(19)22-18-9-5-3-7-16(18)11-13-20(22)24-14;1-8(2)11-6-5-9(3)7-10(11)4;1-7-4-5-8(2)9(3,6-7)10-8;1-5(2)6(3,4)7-5;1-5(2)6(3)7-4;1-5(2)3-6-4-5;1-4-5(2,3)6-4/h2-14H,1H3;8-11H,5-7H2,1-4H3;7H,4-6H2,1-3H3;2*1-4H3;3-4H2,1-2H3;4H,1-3H3. The van der Waals surface area contributed by atoms with Gasteiger partial charge in [0.25, 0.3) is 0 Å². The van der Waals surface area contributed by atoms with Gasteiger partial charge in [0.1, 0.15) is 11.5 Å². The molecule has 5 aliphatic heterocycles. The average molecular weight is 979 g/mol. The second-order valence-electron chi connectivity index (χ2n) is 25.2. The van der Waals surface area contributed by atoms with Crippen molar-refractivity contribution in [3.63, 3.8) is 0 Å². The lowest BCUT2D eigenvalue weighted by Gasteiger charge is -2.35. The predicted octanol–water partition coefficient (Wildman–Crippen LogP) is 17.6. The zero-order valence-electron chi connectivity index (χ0n) is 48.5. The molecular weight excluding hydrogens is 881 g/mol. The van der Waals surface area contributed by atoms with Crippen LogP contribution in [0.1, 0.15) is 177 Å². The van der Waals surface area contributed by atoms with E-state index in [4.69, 9.17) is 33.2 Å². The van der Waals surface area contributed by atoms with Gasteiger partial charge in [-0.3, -0.25) is 0 Å². The highest BCUT2D eigenvalue weighted by atomic mass is 16.7. The summed E-state index contributed by atoms with van der Waals surface area (Å²) in [5.41, 5.74) is 4.99. The second kappa shape index (κ2) is 23.3. The monoisotopic (exact) mass is 979 g/mol. The van der Waals surface area contributed by atoms with Crippen molar-refractivity contribution >= 4 is 21.5 Å². The lowest BCUT2D eigenvalue weighted by atomic mass is 9.71. The van der Waals surface area contributed by atoms with Crippen molar-refractivity contribution in [3.8, 4) is 22.6 Å². The van der Waals surface area contributed by atoms with Gasteiger partial charge >= 0.3 is 0 Å². The highest BCUT2D eigenvalue weighted by Gasteiger charge is 2.64. The van der Waals surface area contributed by atoms with E-state index in [0.717, 1.165) is 71.2 Å². The van der Waals surface area contributed by atoms with Crippen LogP contribution in [0.25, 0.3) is 32.7 Å². The van der Waals surface area contributed by atoms with Crippen LogP contribution in [0.15, 0.2) is 84.1 Å². The molecule has 71 heavy (non-hydrogen) atoms. The molecule has 396 valence electrons. The molecule has 7 atom stereocenters. The molecule has 7 unspecified atom stereocenters. The summed E-state index contributed by atoms with van der Waals surface area (Å²) in [7, 11) is 1.68. The Morgan fingerprint density at radius 2 is 1.06 bits per heavy atom. The van der Waals surface area contributed by atoms with Gasteiger partial charge in [-0.05, 0) is 184 Å². The summed E-state index contributed by atoms with van der Waals surface area (Å²) in [5.74, 6) is 7.50. The van der Waals surface area contributed by atoms with Crippen molar-refractivity contribution < 1.29 is 33.2 Å². The number of hydrogen-bond donors (Lipinski definition) is 0. The maximum Gasteiger partial charge on any atom is 0.238 e. The fraction of sp³-hybridized carbons (Fsp3) is 0.656. The summed E-state index contributed by atoms with van der Waals surface area (Å²) >= 11 is 0. The van der Waals surface area contributed by atoms with Crippen LogP contribution in [0.3, 0.4) is 0 Å². The van der Waals surface area contributed by atoms with Gasteiger partial charge in [0.05, 0.1) is 60.2 Å². The molecule has 4 saturated heterocycles. The number of rotatable bonds is 2. The molecule has 2 saturated carbocycles. The molecule has 2 aliphatic carbocycles. The third-order valence-corrected chi connectivity index (χ3v) is 16.7. The second-order valence-corrected chi connectivity index (χ2v) is 25.2. The van der Waals surface area contributed by atoms with Crippen LogP contribution in [0.2, 0.25) is 0 Å². The summed E-state index contributed by atoms with van der Waals surface area (Å²) in [6, 6.07) is 25.2. The topological polar surface area (TPSA) is 74.5 Å². The van der Waals surface area contributed by atoms with E-state index in [1.54, 1.807) is 7.11 Å². The Kier molecular flexibility index (Phi) is 19.1. The maximum absolute atomic E-state index is 6.07. The van der Waals surface area contributed by atoms with Crippen molar-refractivity contribution in [1.29, 1.82) is 0 Å². The predicted molar refractivity (Wildman–Crippen MR) is 299 cm³/mol. The van der Waals surface area contributed by atoms with Gasteiger partial charge in [0, 0.05) is 23.5 Å². The number of benzene rings is 4. The van der Waals surface area contributed by atoms with Crippen molar-refractivity contribution in [2.45, 2.75) is 217 Å². The molecule has 0 spiro atoms. The highest BCUT2D eigenvalue weighted by Crippen LogP contribution is 2.58. The molecule has 0 N–H and O–H groups in total. The number of epoxide rings is 3. The molecule has 0 aromatic heterocycles. The Balaban J connectivity index is 0.000000168. The molecule has 7 aliphatic rings. The first-order valence-corrected chi connectivity index (χ1v) is 27.2. The van der Waals surface area contributed by atoms with E-state index in [2.05, 4.69) is 184 Å². The largest absolute Gasteiger partial charge is 0.501 e. The van der Waals surface area contributed by atoms with E-state index in [9.17, 15) is 0 Å². The van der Waals surface area contributed by atoms with Crippen LogP contribution < -0.4 is 9.47 Å². The van der Waals surface area contributed by atoms with E-state index in [1.165, 1.54) is 65.6 Å². The third kappa shape index (κ3) is 15.5. The van der Waals surface area contributed by atoms with E-state index < -0.39 is 0 Å². The molecular formula is C64H98O7. The Morgan fingerprint density at radius 3 is 1.37 bits per heavy atom. The number of allylic oxidation sites excluding steroid dienone is 2. The van der Waals surface area contributed by atoms with Crippen LogP contribution in [0.5, 0.6) is 11.5 Å². The summed E-state index contributed by atoms with van der Waals surface area (Å²) in [6.07, 6.45) is 8.46. The minimum Gasteiger partial charge on any atom is -0.501 e. The summed E-state index contributed by atoms with van der Waals surface area (Å²) in [6.45, 7) is 45.3. The lowest BCUT2D eigenvalue weighted by molar-refractivity contribution is -0.0892. The van der Waals surface area contributed by atoms with Crippen LogP contribution in [0.4, 0.5) is 0 Å².